The van der Waals surface area contributed by atoms with E-state index in [0.717, 1.165) is 17.0 Å². The summed E-state index contributed by atoms with van der Waals surface area (Å²) in [4.78, 5) is 13.0. The third kappa shape index (κ3) is 6.54. The summed E-state index contributed by atoms with van der Waals surface area (Å²) in [6.45, 7) is 2.36. The number of halogens is 3. The lowest BCUT2D eigenvalue weighted by atomic mass is 10.2. The zero-order chi connectivity index (χ0) is 20.9. The van der Waals surface area contributed by atoms with Crippen LogP contribution < -0.4 is 10.0 Å². The van der Waals surface area contributed by atoms with Gasteiger partial charge in [0.25, 0.3) is 5.91 Å². The van der Waals surface area contributed by atoms with Crippen molar-refractivity contribution in [1.82, 2.24) is 4.72 Å². The molecule has 0 aliphatic heterocycles. The fourth-order valence-electron chi connectivity index (χ4n) is 2.19. The zero-order valence-electron chi connectivity index (χ0n) is 15.1. The van der Waals surface area contributed by atoms with E-state index in [0.29, 0.717) is 11.3 Å². The van der Waals surface area contributed by atoms with Gasteiger partial charge in [-0.3, -0.25) is 4.79 Å². The molecule has 0 aromatic heterocycles. The number of alkyl halides is 3. The number of anilines is 1. The monoisotopic (exact) mass is 432 g/mol. The summed E-state index contributed by atoms with van der Waals surface area (Å²) in [6, 6.07) is 12.0. The molecular formula is C18H19F3N2O3S2. The second-order valence-corrected chi connectivity index (χ2v) is 9.47. The van der Waals surface area contributed by atoms with Gasteiger partial charge in [0.2, 0.25) is 10.0 Å². The van der Waals surface area contributed by atoms with E-state index in [-0.39, 0.29) is 16.1 Å². The molecule has 10 heteroatoms. The van der Waals surface area contributed by atoms with Crippen LogP contribution in [0, 0.1) is 0 Å². The summed E-state index contributed by atoms with van der Waals surface area (Å²) < 4.78 is 61.9. The van der Waals surface area contributed by atoms with E-state index < -0.39 is 22.7 Å². The van der Waals surface area contributed by atoms with Gasteiger partial charge in [0.05, 0.1) is 10.5 Å². The van der Waals surface area contributed by atoms with Crippen LogP contribution in [0.3, 0.4) is 0 Å². The van der Waals surface area contributed by atoms with Crippen molar-refractivity contribution in [3.8, 4) is 0 Å². The molecule has 0 atom stereocenters. The lowest BCUT2D eigenvalue weighted by Crippen LogP contribution is -2.33. The van der Waals surface area contributed by atoms with Crippen molar-refractivity contribution in [2.75, 3.05) is 11.9 Å². The summed E-state index contributed by atoms with van der Waals surface area (Å²) in [7, 11) is -4.30. The third-order valence-electron chi connectivity index (χ3n) is 3.38. The summed E-state index contributed by atoms with van der Waals surface area (Å²) in [6.07, 6.45) is -4.65. The van der Waals surface area contributed by atoms with Gasteiger partial charge in [0, 0.05) is 15.8 Å². The molecule has 1 amide bonds. The highest BCUT2D eigenvalue weighted by Crippen LogP contribution is 2.27. The van der Waals surface area contributed by atoms with Crippen LogP contribution in [0.25, 0.3) is 0 Å². The maximum absolute atomic E-state index is 12.5. The van der Waals surface area contributed by atoms with Crippen LogP contribution >= 0.6 is 11.8 Å². The third-order valence-corrected chi connectivity index (χ3v) is 5.88. The van der Waals surface area contributed by atoms with E-state index in [9.17, 15) is 26.4 Å². The zero-order valence-corrected chi connectivity index (χ0v) is 16.7. The lowest BCUT2D eigenvalue weighted by Gasteiger charge is -2.12. The number of sulfonamides is 1. The van der Waals surface area contributed by atoms with Crippen molar-refractivity contribution in [3.05, 3.63) is 54.1 Å². The molecule has 5 nitrogen and oxygen atoms in total. The molecule has 0 heterocycles. The quantitative estimate of drug-likeness (QED) is 0.641. The van der Waals surface area contributed by atoms with Gasteiger partial charge in [0.15, 0.2) is 0 Å². The molecule has 2 aromatic rings. The normalized spacial score (nSPS) is 12.2. The molecule has 152 valence electrons. The van der Waals surface area contributed by atoms with Crippen LogP contribution in [-0.2, 0) is 10.0 Å². The van der Waals surface area contributed by atoms with Gasteiger partial charge < -0.3 is 5.32 Å². The largest absolute Gasteiger partial charge is 0.402 e. The van der Waals surface area contributed by atoms with Crippen LogP contribution in [0.1, 0.15) is 24.2 Å². The van der Waals surface area contributed by atoms with Crippen molar-refractivity contribution in [2.45, 2.75) is 35.1 Å². The summed E-state index contributed by atoms with van der Waals surface area (Å²) in [5.41, 5.74) is 0.800. The first kappa shape index (κ1) is 22.3. The van der Waals surface area contributed by atoms with Gasteiger partial charge in [-0.15, -0.1) is 11.8 Å². The molecule has 0 unspecified atom stereocenters. The van der Waals surface area contributed by atoms with Gasteiger partial charge in [0.1, 0.15) is 6.54 Å². The number of hydrogen-bond acceptors (Lipinski definition) is 4. The molecule has 0 spiro atoms. The van der Waals surface area contributed by atoms with Crippen molar-refractivity contribution >= 4 is 33.4 Å². The van der Waals surface area contributed by atoms with E-state index in [2.05, 4.69) is 5.32 Å². The van der Waals surface area contributed by atoms with Crippen molar-refractivity contribution in [2.24, 2.45) is 0 Å². The summed E-state index contributed by atoms with van der Waals surface area (Å²) in [5.74, 6) is -0.366. The Morgan fingerprint density at radius 2 is 1.68 bits per heavy atom. The number of amides is 1. The molecule has 0 radical (unpaired) electrons. The Labute approximate surface area is 165 Å². The average molecular weight is 432 g/mol. The van der Waals surface area contributed by atoms with Crippen LogP contribution in [0.4, 0.5) is 18.9 Å². The SMILES string of the molecule is CC(C)Sc1ccccc1C(=O)Nc1ccc(S(=O)(=O)NCC(F)(F)F)cc1. The molecule has 0 aliphatic rings. The Kier molecular flexibility index (Phi) is 7.13. The highest BCUT2D eigenvalue weighted by Gasteiger charge is 2.30. The smallest absolute Gasteiger partial charge is 0.322 e. The molecule has 0 saturated heterocycles. The number of rotatable bonds is 7. The van der Waals surface area contributed by atoms with E-state index in [4.69, 9.17) is 0 Å². The minimum Gasteiger partial charge on any atom is -0.322 e. The highest BCUT2D eigenvalue weighted by atomic mass is 32.2. The first-order chi connectivity index (χ1) is 13.0. The van der Waals surface area contributed by atoms with Gasteiger partial charge in [-0.05, 0) is 36.4 Å². The fraction of sp³-hybridized carbons (Fsp3) is 0.278. The molecule has 0 fully saturated rings. The molecule has 2 aromatic carbocycles. The fourth-order valence-corrected chi connectivity index (χ4v) is 4.15. The molecule has 0 saturated carbocycles. The molecule has 2 rings (SSSR count). The molecule has 0 bridgehead atoms. The van der Waals surface area contributed by atoms with E-state index in [1.165, 1.54) is 28.6 Å². The number of carbonyl (C=O) groups is 1. The Hall–Kier alpha value is -2.04. The summed E-state index contributed by atoms with van der Waals surface area (Å²) >= 11 is 1.54. The Balaban J connectivity index is 2.12. The number of thioether (sulfide) groups is 1. The van der Waals surface area contributed by atoms with Crippen molar-refractivity contribution < 1.29 is 26.4 Å². The lowest BCUT2D eigenvalue weighted by molar-refractivity contribution is -0.121. The van der Waals surface area contributed by atoms with E-state index in [1.807, 2.05) is 26.0 Å². The summed E-state index contributed by atoms with van der Waals surface area (Å²) in [5, 5.41) is 2.94. The first-order valence-electron chi connectivity index (χ1n) is 8.21. The topological polar surface area (TPSA) is 75.3 Å². The number of nitrogens with one attached hydrogen (secondary N) is 2. The van der Waals surface area contributed by atoms with Crippen LogP contribution in [0.15, 0.2) is 58.3 Å². The van der Waals surface area contributed by atoms with Gasteiger partial charge in [-0.1, -0.05) is 26.0 Å². The molecule has 0 aliphatic carbocycles. The Morgan fingerprint density at radius 3 is 2.25 bits per heavy atom. The van der Waals surface area contributed by atoms with E-state index in [1.54, 1.807) is 12.1 Å². The second kappa shape index (κ2) is 8.97. The predicted molar refractivity (Wildman–Crippen MR) is 103 cm³/mol. The maximum atomic E-state index is 12.5. The predicted octanol–water partition coefficient (Wildman–Crippen LogP) is 4.28. The van der Waals surface area contributed by atoms with Crippen LogP contribution in [-0.4, -0.2) is 32.3 Å². The minimum absolute atomic E-state index is 0.280. The second-order valence-electron chi connectivity index (χ2n) is 6.08. The maximum Gasteiger partial charge on any atom is 0.402 e. The van der Waals surface area contributed by atoms with Gasteiger partial charge >= 0.3 is 6.18 Å². The van der Waals surface area contributed by atoms with Gasteiger partial charge in [-0.2, -0.15) is 13.2 Å². The average Bonchev–Trinajstić information content (AvgIpc) is 2.60. The Morgan fingerprint density at radius 1 is 1.07 bits per heavy atom. The number of carbonyl (C=O) groups excluding carboxylic acids is 1. The Bertz CT molecular complexity index is 928. The minimum atomic E-state index is -4.65. The highest BCUT2D eigenvalue weighted by molar-refractivity contribution is 8.00. The molecule has 28 heavy (non-hydrogen) atoms. The van der Waals surface area contributed by atoms with Gasteiger partial charge in [-0.25, -0.2) is 13.1 Å². The first-order valence-corrected chi connectivity index (χ1v) is 10.6. The molecular weight excluding hydrogens is 413 g/mol. The van der Waals surface area contributed by atoms with Crippen molar-refractivity contribution in [3.63, 3.8) is 0 Å². The van der Waals surface area contributed by atoms with E-state index >= 15 is 0 Å². The van der Waals surface area contributed by atoms with Crippen LogP contribution in [0.2, 0.25) is 0 Å². The standard InChI is InChI=1S/C18H19F3N2O3S2/c1-12(2)27-16-6-4-3-5-15(16)17(24)23-13-7-9-14(10-8-13)28(25,26)22-11-18(19,20)21/h3-10,12,22H,11H2,1-2H3,(H,23,24). The van der Waals surface area contributed by atoms with Crippen molar-refractivity contribution in [1.29, 1.82) is 0 Å². The number of hydrogen-bond donors (Lipinski definition) is 2. The number of benzene rings is 2. The molecule has 2 N–H and O–H groups in total. The van der Waals surface area contributed by atoms with Crippen LogP contribution in [0.5, 0.6) is 0 Å².